The molecule has 0 saturated carbocycles. The van der Waals surface area contributed by atoms with E-state index in [1.54, 1.807) is 7.11 Å². The van der Waals surface area contributed by atoms with Gasteiger partial charge in [-0.1, -0.05) is 29.8 Å². The molecule has 0 aromatic heterocycles. The van der Waals surface area contributed by atoms with Crippen LogP contribution in [0.25, 0.3) is 0 Å². The first kappa shape index (κ1) is 19.3. The molecule has 0 saturated heterocycles. The van der Waals surface area contributed by atoms with Crippen molar-refractivity contribution in [2.24, 2.45) is 0 Å². The number of likely N-dealkylation sites (N-methyl/N-ethyl adjacent to an activating group) is 1. The molecule has 0 bridgehead atoms. The van der Waals surface area contributed by atoms with Crippen LogP contribution in [0.3, 0.4) is 0 Å². The van der Waals surface area contributed by atoms with Gasteiger partial charge in [0, 0.05) is 24.1 Å². The molecule has 0 unspecified atom stereocenters. The molecule has 0 spiro atoms. The zero-order chi connectivity index (χ0) is 16.5. The van der Waals surface area contributed by atoms with Crippen molar-refractivity contribution in [2.45, 2.75) is 40.3 Å². The Labute approximate surface area is 143 Å². The smallest absolute Gasteiger partial charge is 0.162 e. The van der Waals surface area contributed by atoms with E-state index in [1.807, 2.05) is 26.0 Å². The van der Waals surface area contributed by atoms with E-state index in [1.165, 1.54) is 5.56 Å². The van der Waals surface area contributed by atoms with Crippen LogP contribution in [-0.4, -0.2) is 44.3 Å². The Morgan fingerprint density at radius 3 is 2.41 bits per heavy atom. The highest BCUT2D eigenvalue weighted by atomic mass is 79.9. The van der Waals surface area contributed by atoms with Crippen molar-refractivity contribution >= 4 is 15.9 Å². The number of nitrogens with one attached hydrogen (secondary N) is 1. The van der Waals surface area contributed by atoms with Crippen molar-refractivity contribution < 1.29 is 9.47 Å². The molecule has 5 heteroatoms. The standard InChI is InChI=1S/C17H29BrN2O2/c1-6-20(7-2)9-8-19-12-14-10-16(21-5)17(11-15(14)18)22-13(3)4/h10-11,13,19H,6-9,12H2,1-5H3. The number of rotatable bonds is 10. The number of ether oxygens (including phenoxy) is 2. The second-order valence-corrected chi connectivity index (χ2v) is 6.32. The van der Waals surface area contributed by atoms with Crippen molar-refractivity contribution in [1.82, 2.24) is 10.2 Å². The van der Waals surface area contributed by atoms with E-state index >= 15 is 0 Å². The Morgan fingerprint density at radius 2 is 1.86 bits per heavy atom. The van der Waals surface area contributed by atoms with Crippen LogP contribution in [-0.2, 0) is 6.54 Å². The van der Waals surface area contributed by atoms with Crippen molar-refractivity contribution in [1.29, 1.82) is 0 Å². The van der Waals surface area contributed by atoms with E-state index in [0.29, 0.717) is 0 Å². The van der Waals surface area contributed by atoms with Gasteiger partial charge in [-0.05, 0) is 44.6 Å². The molecule has 0 heterocycles. The molecular formula is C17H29BrN2O2. The van der Waals surface area contributed by atoms with Crippen molar-refractivity contribution in [3.05, 3.63) is 22.2 Å². The van der Waals surface area contributed by atoms with Gasteiger partial charge < -0.3 is 19.7 Å². The van der Waals surface area contributed by atoms with Crippen LogP contribution in [0.1, 0.15) is 33.3 Å². The summed E-state index contributed by atoms with van der Waals surface area (Å²) < 4.78 is 12.3. The summed E-state index contributed by atoms with van der Waals surface area (Å²) in [4.78, 5) is 2.40. The molecule has 0 aliphatic rings. The monoisotopic (exact) mass is 372 g/mol. The Bertz CT molecular complexity index is 449. The number of hydrogen-bond acceptors (Lipinski definition) is 4. The van der Waals surface area contributed by atoms with Crippen LogP contribution in [0.5, 0.6) is 11.5 Å². The molecule has 1 rings (SSSR count). The summed E-state index contributed by atoms with van der Waals surface area (Å²) in [6, 6.07) is 4.02. The fourth-order valence-corrected chi connectivity index (χ4v) is 2.68. The summed E-state index contributed by atoms with van der Waals surface area (Å²) in [5.74, 6) is 1.55. The largest absolute Gasteiger partial charge is 0.493 e. The molecule has 126 valence electrons. The Kier molecular flexibility index (Phi) is 8.83. The molecule has 0 amide bonds. The summed E-state index contributed by atoms with van der Waals surface area (Å²) in [5, 5.41) is 3.49. The molecule has 1 aromatic carbocycles. The second-order valence-electron chi connectivity index (χ2n) is 5.46. The van der Waals surface area contributed by atoms with Gasteiger partial charge >= 0.3 is 0 Å². The van der Waals surface area contributed by atoms with E-state index in [-0.39, 0.29) is 6.10 Å². The quantitative estimate of drug-likeness (QED) is 0.635. The van der Waals surface area contributed by atoms with Crippen molar-refractivity contribution in [3.63, 3.8) is 0 Å². The van der Waals surface area contributed by atoms with Crippen molar-refractivity contribution in [3.8, 4) is 11.5 Å². The number of hydrogen-bond donors (Lipinski definition) is 1. The number of halogens is 1. The van der Waals surface area contributed by atoms with Gasteiger partial charge in [0.15, 0.2) is 11.5 Å². The third-order valence-electron chi connectivity index (χ3n) is 3.51. The van der Waals surface area contributed by atoms with Gasteiger partial charge in [0.1, 0.15) is 0 Å². The number of methoxy groups -OCH3 is 1. The third kappa shape index (κ3) is 6.15. The molecule has 0 aliphatic carbocycles. The van der Waals surface area contributed by atoms with Gasteiger partial charge in [0.25, 0.3) is 0 Å². The maximum Gasteiger partial charge on any atom is 0.162 e. The van der Waals surface area contributed by atoms with Crippen LogP contribution in [0.15, 0.2) is 16.6 Å². The molecule has 22 heavy (non-hydrogen) atoms. The van der Waals surface area contributed by atoms with Gasteiger partial charge in [0.05, 0.1) is 13.2 Å². The SMILES string of the molecule is CCN(CC)CCNCc1cc(OC)c(OC(C)C)cc1Br. The number of benzene rings is 1. The average molecular weight is 373 g/mol. The molecule has 0 atom stereocenters. The van der Waals surface area contributed by atoms with E-state index < -0.39 is 0 Å². The second kappa shape index (κ2) is 10.1. The summed E-state index contributed by atoms with van der Waals surface area (Å²) in [7, 11) is 1.67. The molecule has 4 nitrogen and oxygen atoms in total. The Balaban J connectivity index is 2.63. The van der Waals surface area contributed by atoms with Gasteiger partial charge in [-0.25, -0.2) is 0 Å². The lowest BCUT2D eigenvalue weighted by molar-refractivity contribution is 0.230. The predicted octanol–water partition coefficient (Wildman–Crippen LogP) is 3.68. The summed E-state index contributed by atoms with van der Waals surface area (Å²) in [5.41, 5.74) is 1.17. The lowest BCUT2D eigenvalue weighted by Crippen LogP contribution is -2.31. The molecule has 1 N–H and O–H groups in total. The zero-order valence-electron chi connectivity index (χ0n) is 14.4. The normalized spacial score (nSPS) is 11.3. The molecule has 0 fully saturated rings. The zero-order valence-corrected chi connectivity index (χ0v) is 16.0. The van der Waals surface area contributed by atoms with E-state index in [2.05, 4.69) is 40.0 Å². The van der Waals surface area contributed by atoms with Gasteiger partial charge in [0.2, 0.25) is 0 Å². The molecular weight excluding hydrogens is 344 g/mol. The fraction of sp³-hybridized carbons (Fsp3) is 0.647. The topological polar surface area (TPSA) is 33.7 Å². The van der Waals surface area contributed by atoms with Crippen LogP contribution in [0.4, 0.5) is 0 Å². The van der Waals surface area contributed by atoms with E-state index in [4.69, 9.17) is 9.47 Å². The lowest BCUT2D eigenvalue weighted by Gasteiger charge is -2.19. The van der Waals surface area contributed by atoms with Gasteiger partial charge in [-0.3, -0.25) is 0 Å². The summed E-state index contributed by atoms with van der Waals surface area (Å²) in [6.07, 6.45) is 0.124. The lowest BCUT2D eigenvalue weighted by atomic mass is 10.2. The highest BCUT2D eigenvalue weighted by Gasteiger charge is 2.11. The first-order valence-corrected chi connectivity index (χ1v) is 8.77. The van der Waals surface area contributed by atoms with Crippen LogP contribution < -0.4 is 14.8 Å². The maximum absolute atomic E-state index is 5.78. The fourth-order valence-electron chi connectivity index (χ4n) is 2.22. The maximum atomic E-state index is 5.78. The predicted molar refractivity (Wildman–Crippen MR) is 96.0 cm³/mol. The van der Waals surface area contributed by atoms with Crippen LogP contribution in [0.2, 0.25) is 0 Å². The minimum atomic E-state index is 0.124. The summed E-state index contributed by atoms with van der Waals surface area (Å²) in [6.45, 7) is 13.4. The van der Waals surface area contributed by atoms with Gasteiger partial charge in [-0.15, -0.1) is 0 Å². The summed E-state index contributed by atoms with van der Waals surface area (Å²) >= 11 is 3.62. The molecule has 1 aromatic rings. The Morgan fingerprint density at radius 1 is 1.18 bits per heavy atom. The minimum Gasteiger partial charge on any atom is -0.493 e. The van der Waals surface area contributed by atoms with E-state index in [9.17, 15) is 0 Å². The molecule has 0 radical (unpaired) electrons. The highest BCUT2D eigenvalue weighted by Crippen LogP contribution is 2.34. The minimum absolute atomic E-state index is 0.124. The average Bonchev–Trinajstić information content (AvgIpc) is 2.48. The number of nitrogens with zero attached hydrogens (tertiary/aromatic N) is 1. The van der Waals surface area contributed by atoms with Crippen molar-refractivity contribution in [2.75, 3.05) is 33.3 Å². The van der Waals surface area contributed by atoms with Crippen LogP contribution in [0, 0.1) is 0 Å². The first-order chi connectivity index (χ1) is 10.5. The highest BCUT2D eigenvalue weighted by molar-refractivity contribution is 9.10. The van der Waals surface area contributed by atoms with Crippen LogP contribution >= 0.6 is 15.9 Å². The molecule has 0 aliphatic heterocycles. The van der Waals surface area contributed by atoms with Gasteiger partial charge in [-0.2, -0.15) is 0 Å². The Hall–Kier alpha value is -0.780. The third-order valence-corrected chi connectivity index (χ3v) is 4.25. The first-order valence-electron chi connectivity index (χ1n) is 7.97. The van der Waals surface area contributed by atoms with E-state index in [0.717, 1.165) is 48.7 Å².